The van der Waals surface area contributed by atoms with E-state index in [9.17, 15) is 13.2 Å². The van der Waals surface area contributed by atoms with Gasteiger partial charge >= 0.3 is 0 Å². The molecule has 0 aliphatic heterocycles. The van der Waals surface area contributed by atoms with Crippen LogP contribution in [0.2, 0.25) is 0 Å². The molecule has 20 heavy (non-hydrogen) atoms. The fraction of sp³-hybridized carbons (Fsp3) is 0.154. The number of nitrogens with zero attached hydrogens (tertiary/aromatic N) is 1. The van der Waals surface area contributed by atoms with Crippen molar-refractivity contribution in [1.29, 1.82) is 0 Å². The number of pyridine rings is 1. The van der Waals surface area contributed by atoms with Gasteiger partial charge in [-0.1, -0.05) is 34.1 Å². The predicted molar refractivity (Wildman–Crippen MR) is 79.9 cm³/mol. The van der Waals surface area contributed by atoms with Gasteiger partial charge in [-0.3, -0.25) is 4.79 Å². The van der Waals surface area contributed by atoms with Crippen LogP contribution in [0.15, 0.2) is 56.9 Å². The third kappa shape index (κ3) is 3.00. The van der Waals surface area contributed by atoms with E-state index in [0.717, 1.165) is 14.3 Å². The highest BCUT2D eigenvalue weighted by molar-refractivity contribution is 9.10. The van der Waals surface area contributed by atoms with Crippen LogP contribution in [0.5, 0.6) is 0 Å². The first-order valence-corrected chi connectivity index (χ1v) is 8.03. The molecule has 0 radical (unpaired) electrons. The summed E-state index contributed by atoms with van der Waals surface area (Å²) in [5.74, 6) is 0. The predicted octanol–water partition coefficient (Wildman–Crippen LogP) is 1.96. The smallest absolute Gasteiger partial charge is 0.248 e. The quantitative estimate of drug-likeness (QED) is 0.910. The van der Waals surface area contributed by atoms with Crippen LogP contribution in [-0.4, -0.2) is 24.8 Å². The lowest BCUT2D eigenvalue weighted by molar-refractivity contribution is 0.465. The second kappa shape index (κ2) is 5.90. The lowest BCUT2D eigenvalue weighted by Crippen LogP contribution is -2.30. The molecule has 2 rings (SSSR count). The van der Waals surface area contributed by atoms with Crippen LogP contribution in [0.4, 0.5) is 0 Å². The van der Waals surface area contributed by atoms with Crippen LogP contribution in [0, 0.1) is 0 Å². The van der Waals surface area contributed by atoms with Crippen molar-refractivity contribution in [2.45, 2.75) is 11.4 Å². The van der Waals surface area contributed by atoms with Crippen molar-refractivity contribution < 1.29 is 8.42 Å². The molecule has 7 heteroatoms. The number of hydrogen-bond acceptors (Lipinski definition) is 3. The van der Waals surface area contributed by atoms with E-state index in [1.54, 1.807) is 0 Å². The van der Waals surface area contributed by atoms with E-state index in [2.05, 4.69) is 20.9 Å². The minimum absolute atomic E-state index is 0.179. The zero-order chi connectivity index (χ0) is 14.8. The van der Waals surface area contributed by atoms with Crippen LogP contribution < -0.4 is 5.43 Å². The van der Waals surface area contributed by atoms with Crippen molar-refractivity contribution >= 4 is 26.0 Å². The van der Waals surface area contributed by atoms with Gasteiger partial charge in [-0.05, 0) is 11.6 Å². The third-order valence-electron chi connectivity index (χ3n) is 2.83. The summed E-state index contributed by atoms with van der Waals surface area (Å²) in [6, 6.07) is 8.54. The molecule has 0 aliphatic rings. The number of H-pyrrole nitrogens is 1. The minimum Gasteiger partial charge on any atom is -0.366 e. The number of aromatic nitrogens is 1. The molecular weight excluding hydrogens is 344 g/mol. The third-order valence-corrected chi connectivity index (χ3v) is 5.43. The van der Waals surface area contributed by atoms with Gasteiger partial charge in [0.15, 0.2) is 0 Å². The van der Waals surface area contributed by atoms with Crippen LogP contribution in [-0.2, 0) is 16.6 Å². The zero-order valence-corrected chi connectivity index (χ0v) is 13.1. The number of halogens is 1. The fourth-order valence-electron chi connectivity index (χ4n) is 1.72. The summed E-state index contributed by atoms with van der Waals surface area (Å²) in [5, 5.41) is 0. The minimum atomic E-state index is -3.82. The SMILES string of the molecule is CN(Cc1ccccc1Br)S(=O)(=O)c1c[nH]ccc1=O. The molecule has 0 aliphatic carbocycles. The Labute approximate surface area is 125 Å². The van der Waals surface area contributed by atoms with Gasteiger partial charge in [0.1, 0.15) is 4.90 Å². The number of aromatic amines is 1. The molecule has 0 bridgehead atoms. The molecule has 5 nitrogen and oxygen atoms in total. The number of benzene rings is 1. The molecule has 1 aromatic carbocycles. The second-order valence-electron chi connectivity index (χ2n) is 4.23. The fourth-order valence-corrected chi connectivity index (χ4v) is 3.32. The maximum atomic E-state index is 12.4. The van der Waals surface area contributed by atoms with E-state index in [-0.39, 0.29) is 11.4 Å². The van der Waals surface area contributed by atoms with E-state index in [0.29, 0.717) is 0 Å². The van der Waals surface area contributed by atoms with Crippen molar-refractivity contribution in [2.75, 3.05) is 7.05 Å². The van der Waals surface area contributed by atoms with E-state index >= 15 is 0 Å². The molecule has 0 saturated heterocycles. The molecule has 1 aromatic heterocycles. The summed E-state index contributed by atoms with van der Waals surface area (Å²) >= 11 is 3.37. The molecule has 2 aromatic rings. The van der Waals surface area contributed by atoms with E-state index in [1.807, 2.05) is 24.3 Å². The molecule has 106 valence electrons. The molecule has 0 fully saturated rings. The number of sulfonamides is 1. The monoisotopic (exact) mass is 356 g/mol. The Morgan fingerprint density at radius 3 is 2.60 bits per heavy atom. The Kier molecular flexibility index (Phi) is 4.42. The lowest BCUT2D eigenvalue weighted by Gasteiger charge is -2.17. The first-order valence-electron chi connectivity index (χ1n) is 5.80. The van der Waals surface area contributed by atoms with Crippen LogP contribution in [0.25, 0.3) is 0 Å². The van der Waals surface area contributed by atoms with Crippen molar-refractivity contribution in [1.82, 2.24) is 9.29 Å². The topological polar surface area (TPSA) is 70.2 Å². The van der Waals surface area contributed by atoms with Crippen LogP contribution >= 0.6 is 15.9 Å². The average molecular weight is 357 g/mol. The van der Waals surface area contributed by atoms with E-state index in [1.165, 1.54) is 25.5 Å². The van der Waals surface area contributed by atoms with Crippen molar-refractivity contribution in [3.8, 4) is 0 Å². The molecule has 0 amide bonds. The maximum Gasteiger partial charge on any atom is 0.248 e. The highest BCUT2D eigenvalue weighted by atomic mass is 79.9. The van der Waals surface area contributed by atoms with Gasteiger partial charge in [-0.2, -0.15) is 4.31 Å². The number of rotatable bonds is 4. The maximum absolute atomic E-state index is 12.4. The molecule has 0 saturated carbocycles. The first kappa shape index (κ1) is 15.0. The zero-order valence-electron chi connectivity index (χ0n) is 10.7. The Morgan fingerprint density at radius 2 is 1.95 bits per heavy atom. The average Bonchev–Trinajstić information content (AvgIpc) is 2.41. The lowest BCUT2D eigenvalue weighted by atomic mass is 10.2. The summed E-state index contributed by atoms with van der Waals surface area (Å²) in [5.41, 5.74) is 0.300. The van der Waals surface area contributed by atoms with Crippen molar-refractivity contribution in [3.63, 3.8) is 0 Å². The summed E-state index contributed by atoms with van der Waals surface area (Å²) < 4.78 is 26.7. The van der Waals surface area contributed by atoms with Gasteiger partial charge in [0.05, 0.1) is 0 Å². The summed E-state index contributed by atoms with van der Waals surface area (Å²) in [6.07, 6.45) is 2.60. The van der Waals surface area contributed by atoms with Gasteiger partial charge < -0.3 is 4.98 Å². The summed E-state index contributed by atoms with van der Waals surface area (Å²) in [6.45, 7) is 0.179. The van der Waals surface area contributed by atoms with Gasteiger partial charge in [-0.25, -0.2) is 8.42 Å². The highest BCUT2D eigenvalue weighted by Gasteiger charge is 2.24. The molecule has 1 N–H and O–H groups in total. The normalized spacial score (nSPS) is 11.8. The number of nitrogens with one attached hydrogen (secondary N) is 1. The first-order chi connectivity index (χ1) is 9.43. The van der Waals surface area contributed by atoms with Gasteiger partial charge in [0, 0.05) is 36.5 Å². The van der Waals surface area contributed by atoms with Crippen LogP contribution in [0.1, 0.15) is 5.56 Å². The Morgan fingerprint density at radius 1 is 1.25 bits per heavy atom. The van der Waals surface area contributed by atoms with Crippen molar-refractivity contribution in [2.24, 2.45) is 0 Å². The summed E-state index contributed by atoms with van der Waals surface area (Å²) in [4.78, 5) is 14.0. The highest BCUT2D eigenvalue weighted by Crippen LogP contribution is 2.20. The molecule has 1 heterocycles. The second-order valence-corrected chi connectivity index (χ2v) is 7.09. The van der Waals surface area contributed by atoms with Gasteiger partial charge in [0.25, 0.3) is 0 Å². The largest absolute Gasteiger partial charge is 0.366 e. The van der Waals surface area contributed by atoms with Crippen LogP contribution in [0.3, 0.4) is 0 Å². The van der Waals surface area contributed by atoms with E-state index < -0.39 is 15.5 Å². The van der Waals surface area contributed by atoms with E-state index in [4.69, 9.17) is 0 Å². The molecule has 0 spiro atoms. The Hall–Kier alpha value is -1.44. The summed E-state index contributed by atoms with van der Waals surface area (Å²) in [7, 11) is -2.37. The molecule has 0 atom stereocenters. The standard InChI is InChI=1S/C13H13BrN2O3S/c1-16(9-10-4-2-3-5-11(10)14)20(18,19)13-8-15-7-6-12(13)17/h2-8H,9H2,1H3,(H,15,17). The molecular formula is C13H13BrN2O3S. The Bertz CT molecular complexity index is 771. The Balaban J connectivity index is 2.34. The van der Waals surface area contributed by atoms with Gasteiger partial charge in [0.2, 0.25) is 15.5 Å². The van der Waals surface area contributed by atoms with Crippen molar-refractivity contribution in [3.05, 3.63) is 63.0 Å². The number of hydrogen-bond donors (Lipinski definition) is 1. The molecule has 0 unspecified atom stereocenters. The van der Waals surface area contributed by atoms with Gasteiger partial charge in [-0.15, -0.1) is 0 Å².